The predicted octanol–water partition coefficient (Wildman–Crippen LogP) is 1.18. The molecule has 0 bridgehead atoms. The van der Waals surface area contributed by atoms with Crippen LogP contribution in [0.3, 0.4) is 0 Å². The van der Waals surface area contributed by atoms with E-state index in [1.54, 1.807) is 11.3 Å². The highest BCUT2D eigenvalue weighted by atomic mass is 32.1. The van der Waals surface area contributed by atoms with Gasteiger partial charge in [0.1, 0.15) is 0 Å². The molecule has 0 radical (unpaired) electrons. The van der Waals surface area contributed by atoms with E-state index in [1.807, 2.05) is 16.8 Å². The van der Waals surface area contributed by atoms with Crippen LogP contribution in [0.2, 0.25) is 0 Å². The Morgan fingerprint density at radius 2 is 2.26 bits per heavy atom. The minimum atomic E-state index is 0.00791. The molecule has 1 N–H and O–H groups in total. The van der Waals surface area contributed by atoms with Crippen molar-refractivity contribution in [2.24, 2.45) is 0 Å². The Labute approximate surface area is 138 Å². The number of aromatic nitrogens is 2. The summed E-state index contributed by atoms with van der Waals surface area (Å²) in [6.07, 6.45) is 0.814. The number of thiophene rings is 1. The predicted molar refractivity (Wildman–Crippen MR) is 86.2 cm³/mol. The molecule has 1 amide bonds. The van der Waals surface area contributed by atoms with Crippen LogP contribution in [0.1, 0.15) is 12.3 Å². The molecule has 124 valence electrons. The first-order valence-corrected chi connectivity index (χ1v) is 8.67. The van der Waals surface area contributed by atoms with Gasteiger partial charge in [0.15, 0.2) is 0 Å². The summed E-state index contributed by atoms with van der Waals surface area (Å²) in [5.74, 6) is 1.08. The van der Waals surface area contributed by atoms with E-state index in [2.05, 4.69) is 20.4 Å². The van der Waals surface area contributed by atoms with Gasteiger partial charge < -0.3 is 14.6 Å². The van der Waals surface area contributed by atoms with E-state index >= 15 is 0 Å². The average molecular weight is 336 g/mol. The Bertz CT molecular complexity index is 608. The zero-order valence-corrected chi connectivity index (χ0v) is 13.7. The van der Waals surface area contributed by atoms with Crippen molar-refractivity contribution in [3.63, 3.8) is 0 Å². The molecule has 1 saturated heterocycles. The lowest BCUT2D eigenvalue weighted by Crippen LogP contribution is -2.41. The minimum Gasteiger partial charge on any atom is -0.379 e. The molecule has 0 saturated carbocycles. The number of amides is 1. The Hall–Kier alpha value is -1.77. The summed E-state index contributed by atoms with van der Waals surface area (Å²) in [4.78, 5) is 18.4. The molecule has 0 spiro atoms. The second-order valence-corrected chi connectivity index (χ2v) is 6.11. The number of ether oxygens (including phenoxy) is 1. The molecule has 1 aliphatic heterocycles. The van der Waals surface area contributed by atoms with Crippen molar-refractivity contribution >= 4 is 17.2 Å². The first kappa shape index (κ1) is 16.1. The fourth-order valence-electron chi connectivity index (χ4n) is 2.35. The maximum atomic E-state index is 11.9. The van der Waals surface area contributed by atoms with E-state index in [9.17, 15) is 4.79 Å². The van der Waals surface area contributed by atoms with E-state index < -0.39 is 0 Å². The summed E-state index contributed by atoms with van der Waals surface area (Å²) in [6.45, 7) is 4.93. The molecule has 3 heterocycles. The fourth-order valence-corrected chi connectivity index (χ4v) is 2.99. The molecule has 0 aromatic carbocycles. The highest BCUT2D eigenvalue weighted by molar-refractivity contribution is 7.08. The number of nitrogens with zero attached hydrogens (tertiary/aromatic N) is 3. The third-order valence-electron chi connectivity index (χ3n) is 3.67. The van der Waals surface area contributed by atoms with E-state index in [0.29, 0.717) is 31.1 Å². The van der Waals surface area contributed by atoms with Crippen molar-refractivity contribution in [2.45, 2.75) is 12.8 Å². The molecule has 23 heavy (non-hydrogen) atoms. The summed E-state index contributed by atoms with van der Waals surface area (Å²) in [6, 6.07) is 1.94. The highest BCUT2D eigenvalue weighted by Crippen LogP contribution is 2.18. The zero-order chi connectivity index (χ0) is 15.9. The topological polar surface area (TPSA) is 80.5 Å². The number of morpholine rings is 1. The molecular formula is C15H20N4O3S. The molecule has 0 atom stereocenters. The molecule has 0 unspecified atom stereocenters. The van der Waals surface area contributed by atoms with Crippen molar-refractivity contribution in [3.8, 4) is 11.4 Å². The lowest BCUT2D eigenvalue weighted by molar-refractivity contribution is -0.121. The minimum absolute atomic E-state index is 0.00791. The third-order valence-corrected chi connectivity index (χ3v) is 4.35. The number of carbonyl (C=O) groups is 1. The largest absolute Gasteiger partial charge is 0.379 e. The van der Waals surface area contributed by atoms with Gasteiger partial charge in [-0.2, -0.15) is 16.3 Å². The molecule has 1 fully saturated rings. The molecular weight excluding hydrogens is 316 g/mol. The first-order chi connectivity index (χ1) is 11.3. The van der Waals surface area contributed by atoms with Crippen LogP contribution < -0.4 is 5.32 Å². The molecule has 0 aliphatic carbocycles. The monoisotopic (exact) mass is 336 g/mol. The fraction of sp³-hybridized carbons (Fsp3) is 0.533. The van der Waals surface area contributed by atoms with Gasteiger partial charge in [0.25, 0.3) is 0 Å². The van der Waals surface area contributed by atoms with Gasteiger partial charge in [0.05, 0.1) is 13.2 Å². The summed E-state index contributed by atoms with van der Waals surface area (Å²) in [5, 5.41) is 10.8. The van der Waals surface area contributed by atoms with Gasteiger partial charge in [-0.3, -0.25) is 9.69 Å². The van der Waals surface area contributed by atoms with Crippen molar-refractivity contribution in [1.82, 2.24) is 20.4 Å². The number of rotatable bonds is 7. The van der Waals surface area contributed by atoms with Gasteiger partial charge in [-0.05, 0) is 11.4 Å². The van der Waals surface area contributed by atoms with E-state index in [4.69, 9.17) is 9.26 Å². The van der Waals surface area contributed by atoms with Crippen molar-refractivity contribution in [1.29, 1.82) is 0 Å². The summed E-state index contributed by atoms with van der Waals surface area (Å²) in [7, 11) is 0. The van der Waals surface area contributed by atoms with Crippen LogP contribution in [-0.2, 0) is 16.0 Å². The molecule has 2 aromatic rings. The van der Waals surface area contributed by atoms with Crippen LogP contribution >= 0.6 is 11.3 Å². The summed E-state index contributed by atoms with van der Waals surface area (Å²) >= 11 is 1.59. The van der Waals surface area contributed by atoms with Crippen molar-refractivity contribution < 1.29 is 14.1 Å². The Morgan fingerprint density at radius 1 is 1.39 bits per heavy atom. The average Bonchev–Trinajstić information content (AvgIpc) is 3.25. The maximum absolute atomic E-state index is 11.9. The van der Waals surface area contributed by atoms with Crippen molar-refractivity contribution in [2.75, 3.05) is 39.4 Å². The normalized spacial score (nSPS) is 15.7. The van der Waals surface area contributed by atoms with Gasteiger partial charge in [0.2, 0.25) is 17.6 Å². The Balaban J connectivity index is 1.35. The van der Waals surface area contributed by atoms with Crippen LogP contribution in [0, 0.1) is 0 Å². The highest BCUT2D eigenvalue weighted by Gasteiger charge is 2.12. The Morgan fingerprint density at radius 3 is 3.04 bits per heavy atom. The standard InChI is InChI=1S/C15H20N4O3S/c20-13(16-4-5-19-6-8-21-9-7-19)1-2-14-17-15(18-22-14)12-3-10-23-11-12/h3,10-11H,1-2,4-9H2,(H,16,20). The number of aryl methyl sites for hydroxylation is 1. The van der Waals surface area contributed by atoms with Crippen LogP contribution in [-0.4, -0.2) is 60.3 Å². The number of hydrogen-bond donors (Lipinski definition) is 1. The third kappa shape index (κ3) is 4.85. The molecule has 1 aliphatic rings. The molecule has 2 aromatic heterocycles. The van der Waals surface area contributed by atoms with E-state index in [1.165, 1.54) is 0 Å². The van der Waals surface area contributed by atoms with E-state index in [0.717, 1.165) is 38.4 Å². The molecule has 8 heteroatoms. The second-order valence-electron chi connectivity index (χ2n) is 5.33. The number of nitrogens with one attached hydrogen (secondary N) is 1. The van der Waals surface area contributed by atoms with E-state index in [-0.39, 0.29) is 5.91 Å². The first-order valence-electron chi connectivity index (χ1n) is 7.73. The van der Waals surface area contributed by atoms with Gasteiger partial charge in [0, 0.05) is 50.0 Å². The molecule has 3 rings (SSSR count). The van der Waals surface area contributed by atoms with Crippen LogP contribution in [0.5, 0.6) is 0 Å². The Kier molecular flexibility index (Phi) is 5.73. The SMILES string of the molecule is O=C(CCc1nc(-c2ccsc2)no1)NCCN1CCOCC1. The maximum Gasteiger partial charge on any atom is 0.227 e. The summed E-state index contributed by atoms with van der Waals surface area (Å²) in [5.41, 5.74) is 0.944. The second kappa shape index (κ2) is 8.19. The lowest BCUT2D eigenvalue weighted by atomic mass is 10.3. The van der Waals surface area contributed by atoms with Crippen LogP contribution in [0.15, 0.2) is 21.3 Å². The van der Waals surface area contributed by atoms with Gasteiger partial charge in [-0.15, -0.1) is 0 Å². The summed E-state index contributed by atoms with van der Waals surface area (Å²) < 4.78 is 10.5. The number of carbonyl (C=O) groups excluding carboxylic acids is 1. The van der Waals surface area contributed by atoms with Crippen LogP contribution in [0.4, 0.5) is 0 Å². The lowest BCUT2D eigenvalue weighted by Gasteiger charge is -2.26. The van der Waals surface area contributed by atoms with Gasteiger partial charge in [-0.25, -0.2) is 0 Å². The molecule has 7 nitrogen and oxygen atoms in total. The number of hydrogen-bond acceptors (Lipinski definition) is 7. The smallest absolute Gasteiger partial charge is 0.227 e. The van der Waals surface area contributed by atoms with Crippen molar-refractivity contribution in [3.05, 3.63) is 22.7 Å². The zero-order valence-electron chi connectivity index (χ0n) is 12.9. The van der Waals surface area contributed by atoms with Gasteiger partial charge in [-0.1, -0.05) is 5.16 Å². The quantitative estimate of drug-likeness (QED) is 0.818. The van der Waals surface area contributed by atoms with Gasteiger partial charge >= 0.3 is 0 Å². The van der Waals surface area contributed by atoms with Crippen LogP contribution in [0.25, 0.3) is 11.4 Å².